The van der Waals surface area contributed by atoms with Crippen LogP contribution in [0.15, 0.2) is 0 Å². The monoisotopic (exact) mass is 378 g/mol. The SMILES string of the molecule is CCCCCCCCCCCCC(C)C(=N)CN1C(C)(C)CCCC1(C)C. The highest BCUT2D eigenvalue weighted by molar-refractivity contribution is 5.85. The summed E-state index contributed by atoms with van der Waals surface area (Å²) < 4.78 is 0. The summed E-state index contributed by atoms with van der Waals surface area (Å²) in [6, 6.07) is 0. The maximum atomic E-state index is 8.67. The maximum Gasteiger partial charge on any atom is 0.0374 e. The molecule has 2 heteroatoms. The second kappa shape index (κ2) is 12.2. The van der Waals surface area contributed by atoms with E-state index in [9.17, 15) is 0 Å². The third-order valence-corrected chi connectivity index (χ3v) is 6.95. The summed E-state index contributed by atoms with van der Waals surface area (Å²) in [5, 5.41) is 8.67. The van der Waals surface area contributed by atoms with Gasteiger partial charge in [-0.25, -0.2) is 0 Å². The predicted octanol–water partition coefficient (Wildman–Crippen LogP) is 8.00. The Balaban J connectivity index is 2.19. The fourth-order valence-corrected chi connectivity index (χ4v) is 4.91. The van der Waals surface area contributed by atoms with Crippen molar-refractivity contribution in [3.8, 4) is 0 Å². The van der Waals surface area contributed by atoms with Crippen molar-refractivity contribution in [1.82, 2.24) is 4.90 Å². The summed E-state index contributed by atoms with van der Waals surface area (Å²) in [4.78, 5) is 2.61. The molecule has 1 heterocycles. The Morgan fingerprint density at radius 1 is 0.815 bits per heavy atom. The first-order valence-electron chi connectivity index (χ1n) is 12.1. The van der Waals surface area contributed by atoms with Gasteiger partial charge in [0.1, 0.15) is 0 Å². The second-order valence-electron chi connectivity index (χ2n) is 10.5. The smallest absolute Gasteiger partial charge is 0.0374 e. The summed E-state index contributed by atoms with van der Waals surface area (Å²) in [6.45, 7) is 14.9. The number of hydrogen-bond acceptors (Lipinski definition) is 2. The van der Waals surface area contributed by atoms with Gasteiger partial charge in [0.25, 0.3) is 0 Å². The molecule has 0 bridgehead atoms. The van der Waals surface area contributed by atoms with Crippen LogP contribution in [-0.4, -0.2) is 28.2 Å². The van der Waals surface area contributed by atoms with E-state index in [4.69, 9.17) is 5.41 Å². The topological polar surface area (TPSA) is 27.1 Å². The van der Waals surface area contributed by atoms with Crippen molar-refractivity contribution in [3.05, 3.63) is 0 Å². The molecule has 0 aromatic rings. The highest BCUT2D eigenvalue weighted by Gasteiger charge is 2.41. The lowest BCUT2D eigenvalue weighted by Gasteiger charge is -2.53. The minimum Gasteiger partial charge on any atom is -0.308 e. The van der Waals surface area contributed by atoms with Crippen LogP contribution in [0.4, 0.5) is 0 Å². The lowest BCUT2D eigenvalue weighted by Crippen LogP contribution is -2.60. The van der Waals surface area contributed by atoms with Crippen molar-refractivity contribution < 1.29 is 0 Å². The van der Waals surface area contributed by atoms with Gasteiger partial charge >= 0.3 is 0 Å². The van der Waals surface area contributed by atoms with Gasteiger partial charge in [-0.3, -0.25) is 4.90 Å². The van der Waals surface area contributed by atoms with Crippen LogP contribution in [0.2, 0.25) is 0 Å². The van der Waals surface area contributed by atoms with E-state index in [-0.39, 0.29) is 11.1 Å². The Labute approximate surface area is 171 Å². The molecule has 0 aliphatic carbocycles. The van der Waals surface area contributed by atoms with Crippen LogP contribution in [-0.2, 0) is 0 Å². The van der Waals surface area contributed by atoms with E-state index in [0.29, 0.717) is 5.92 Å². The van der Waals surface area contributed by atoms with Crippen molar-refractivity contribution in [2.75, 3.05) is 6.54 Å². The Bertz CT molecular complexity index is 395. The summed E-state index contributed by atoms with van der Waals surface area (Å²) in [5.41, 5.74) is 1.41. The first kappa shape index (κ1) is 24.7. The van der Waals surface area contributed by atoms with E-state index >= 15 is 0 Å². The van der Waals surface area contributed by atoms with E-state index < -0.39 is 0 Å². The second-order valence-corrected chi connectivity index (χ2v) is 10.5. The van der Waals surface area contributed by atoms with Crippen LogP contribution in [0.3, 0.4) is 0 Å². The molecule has 0 aromatic carbocycles. The van der Waals surface area contributed by atoms with Gasteiger partial charge in [-0.15, -0.1) is 0 Å². The van der Waals surface area contributed by atoms with Crippen molar-refractivity contribution >= 4 is 5.71 Å². The number of unbranched alkanes of at least 4 members (excludes halogenated alkanes) is 9. The zero-order valence-corrected chi connectivity index (χ0v) is 19.6. The predicted molar refractivity (Wildman–Crippen MR) is 122 cm³/mol. The Hall–Kier alpha value is -0.370. The average molecular weight is 379 g/mol. The van der Waals surface area contributed by atoms with Gasteiger partial charge < -0.3 is 5.41 Å². The highest BCUT2D eigenvalue weighted by atomic mass is 15.3. The minimum atomic E-state index is 0.227. The molecule has 1 aliphatic heterocycles. The molecule has 1 rings (SSSR count). The molecule has 1 aliphatic rings. The third kappa shape index (κ3) is 9.11. The Morgan fingerprint density at radius 3 is 1.74 bits per heavy atom. The number of piperidine rings is 1. The van der Waals surface area contributed by atoms with Crippen molar-refractivity contribution in [3.63, 3.8) is 0 Å². The van der Waals surface area contributed by atoms with Crippen LogP contribution in [0.1, 0.15) is 131 Å². The molecule has 1 fully saturated rings. The largest absolute Gasteiger partial charge is 0.308 e. The summed E-state index contributed by atoms with van der Waals surface area (Å²) in [6.07, 6.45) is 19.0. The maximum absolute atomic E-state index is 8.67. The van der Waals surface area contributed by atoms with Gasteiger partial charge in [0.15, 0.2) is 0 Å². The number of nitrogens with one attached hydrogen (secondary N) is 1. The molecule has 0 spiro atoms. The molecule has 1 saturated heterocycles. The molecule has 27 heavy (non-hydrogen) atoms. The molecule has 160 valence electrons. The molecule has 0 aromatic heterocycles. The fraction of sp³-hybridized carbons (Fsp3) is 0.960. The van der Waals surface area contributed by atoms with Crippen LogP contribution >= 0.6 is 0 Å². The van der Waals surface area contributed by atoms with Gasteiger partial charge in [0, 0.05) is 23.3 Å². The van der Waals surface area contributed by atoms with E-state index in [1.54, 1.807) is 0 Å². The zero-order valence-electron chi connectivity index (χ0n) is 19.6. The van der Waals surface area contributed by atoms with E-state index in [2.05, 4.69) is 46.4 Å². The highest BCUT2D eigenvalue weighted by Crippen LogP contribution is 2.38. The van der Waals surface area contributed by atoms with Gasteiger partial charge in [0.2, 0.25) is 0 Å². The van der Waals surface area contributed by atoms with Crippen molar-refractivity contribution in [2.24, 2.45) is 5.92 Å². The van der Waals surface area contributed by atoms with Gasteiger partial charge in [0.05, 0.1) is 0 Å². The number of likely N-dealkylation sites (tertiary alicyclic amines) is 1. The van der Waals surface area contributed by atoms with Crippen molar-refractivity contribution in [2.45, 2.75) is 143 Å². The summed E-state index contributed by atoms with van der Waals surface area (Å²) in [5.74, 6) is 0.438. The molecule has 1 unspecified atom stereocenters. The number of nitrogens with zero attached hydrogens (tertiary/aromatic N) is 1. The van der Waals surface area contributed by atoms with E-state index in [1.165, 1.54) is 89.9 Å². The molecular weight excluding hydrogens is 328 g/mol. The molecule has 1 atom stereocenters. The van der Waals surface area contributed by atoms with E-state index in [0.717, 1.165) is 12.3 Å². The fourth-order valence-electron chi connectivity index (χ4n) is 4.91. The van der Waals surface area contributed by atoms with Crippen LogP contribution in [0.25, 0.3) is 0 Å². The molecule has 0 radical (unpaired) electrons. The molecule has 0 amide bonds. The first-order chi connectivity index (χ1) is 12.7. The van der Waals surface area contributed by atoms with Gasteiger partial charge in [-0.05, 0) is 59.3 Å². The summed E-state index contributed by atoms with van der Waals surface area (Å²) in [7, 11) is 0. The average Bonchev–Trinajstić information content (AvgIpc) is 2.59. The molecule has 0 saturated carbocycles. The number of rotatable bonds is 14. The Morgan fingerprint density at radius 2 is 1.26 bits per heavy atom. The molecular formula is C25H50N2. The third-order valence-electron chi connectivity index (χ3n) is 6.95. The standard InChI is InChI=1S/C25H50N2/c1-7-8-9-10-11-12-13-14-15-16-18-22(2)23(26)21-27-24(3,4)19-17-20-25(27,5)6/h22,26H,7-21H2,1-6H3. The van der Waals surface area contributed by atoms with Gasteiger partial charge in [-0.1, -0.05) is 78.1 Å². The van der Waals surface area contributed by atoms with Crippen molar-refractivity contribution in [1.29, 1.82) is 5.41 Å². The summed E-state index contributed by atoms with van der Waals surface area (Å²) >= 11 is 0. The number of hydrogen-bond donors (Lipinski definition) is 1. The molecule has 1 N–H and O–H groups in total. The lowest BCUT2D eigenvalue weighted by atomic mass is 9.79. The van der Waals surface area contributed by atoms with Crippen LogP contribution < -0.4 is 0 Å². The van der Waals surface area contributed by atoms with Gasteiger partial charge in [-0.2, -0.15) is 0 Å². The first-order valence-corrected chi connectivity index (χ1v) is 12.1. The van der Waals surface area contributed by atoms with Crippen LogP contribution in [0.5, 0.6) is 0 Å². The van der Waals surface area contributed by atoms with Crippen LogP contribution in [0, 0.1) is 11.3 Å². The van der Waals surface area contributed by atoms with E-state index in [1.807, 2.05) is 0 Å². The quantitative estimate of drug-likeness (QED) is 0.240. The zero-order chi connectivity index (χ0) is 20.3. The Kier molecular flexibility index (Phi) is 11.2. The minimum absolute atomic E-state index is 0.227. The normalized spacial score (nSPS) is 20.5. The molecule has 2 nitrogen and oxygen atoms in total. The lowest BCUT2D eigenvalue weighted by molar-refractivity contribution is -0.0135.